The molecule has 0 N–H and O–H groups in total. The van der Waals surface area contributed by atoms with Crippen molar-refractivity contribution in [1.82, 2.24) is 9.78 Å². The molecule has 0 bridgehead atoms. The van der Waals surface area contributed by atoms with Crippen LogP contribution in [0.1, 0.15) is 34.0 Å². The average molecular weight is 359 g/mol. The number of carbonyl (C=O) groups is 1. The minimum atomic E-state index is -0.817. The summed E-state index contributed by atoms with van der Waals surface area (Å²) in [6, 6.07) is 17.8. The topological polar surface area (TPSA) is 67.9 Å². The van der Waals surface area contributed by atoms with E-state index in [1.165, 1.54) is 5.56 Å². The van der Waals surface area contributed by atoms with Gasteiger partial charge in [0.05, 0.1) is 6.54 Å². The summed E-state index contributed by atoms with van der Waals surface area (Å²) in [5.41, 5.74) is 5.14. The number of benzene rings is 2. The highest BCUT2D eigenvalue weighted by atomic mass is 16.5. The first-order chi connectivity index (χ1) is 13.0. The summed E-state index contributed by atoms with van der Waals surface area (Å²) in [6.45, 7) is 6.15. The molecule has 0 fully saturated rings. The van der Waals surface area contributed by atoms with Gasteiger partial charge in [0, 0.05) is 11.8 Å². The Balaban J connectivity index is 2.02. The first-order valence-electron chi connectivity index (χ1n) is 8.77. The number of hydrogen-bond donors (Lipinski definition) is 0. The third-order valence-electron chi connectivity index (χ3n) is 4.41. The quantitative estimate of drug-likeness (QED) is 0.638. The molecule has 1 aromatic heterocycles. The summed E-state index contributed by atoms with van der Waals surface area (Å²) < 4.78 is 6.94. The van der Waals surface area contributed by atoms with Gasteiger partial charge in [-0.3, -0.25) is 4.68 Å². The van der Waals surface area contributed by atoms with Crippen LogP contribution in [0.5, 0.6) is 0 Å². The van der Waals surface area contributed by atoms with Crippen LogP contribution < -0.4 is 0 Å². The fourth-order valence-electron chi connectivity index (χ4n) is 2.77. The van der Waals surface area contributed by atoms with Gasteiger partial charge in [-0.05, 0) is 43.5 Å². The van der Waals surface area contributed by atoms with Crippen LogP contribution in [0.2, 0.25) is 0 Å². The number of aryl methyl sites for hydroxylation is 2. The predicted molar refractivity (Wildman–Crippen MR) is 103 cm³/mol. The number of esters is 1. The Morgan fingerprint density at radius 1 is 1.19 bits per heavy atom. The number of ether oxygens (including phenoxy) is 1. The molecule has 0 aliphatic rings. The lowest BCUT2D eigenvalue weighted by molar-refractivity contribution is 0.0436. The molecule has 0 spiro atoms. The van der Waals surface area contributed by atoms with Crippen molar-refractivity contribution in [2.24, 2.45) is 0 Å². The van der Waals surface area contributed by atoms with Crippen molar-refractivity contribution in [3.05, 3.63) is 77.0 Å². The monoisotopic (exact) mass is 359 g/mol. The van der Waals surface area contributed by atoms with Crippen molar-refractivity contribution in [2.45, 2.75) is 33.4 Å². The van der Waals surface area contributed by atoms with Crippen LogP contribution >= 0.6 is 0 Å². The van der Waals surface area contributed by atoms with E-state index in [1.54, 1.807) is 17.8 Å². The van der Waals surface area contributed by atoms with Crippen molar-refractivity contribution in [3.63, 3.8) is 0 Å². The zero-order valence-electron chi connectivity index (χ0n) is 15.6. The highest BCUT2D eigenvalue weighted by Gasteiger charge is 2.21. The molecule has 0 saturated heterocycles. The van der Waals surface area contributed by atoms with Crippen LogP contribution in [0.15, 0.2) is 54.7 Å². The second-order valence-corrected chi connectivity index (χ2v) is 6.55. The molecule has 136 valence electrons. The van der Waals surface area contributed by atoms with Gasteiger partial charge in [0.1, 0.15) is 17.3 Å². The molecular formula is C22H21N3O2. The summed E-state index contributed by atoms with van der Waals surface area (Å²) in [6.07, 6.45) is 0.867. The molecule has 0 unspecified atom stereocenters. The molecule has 2 aromatic carbocycles. The molecule has 0 saturated carbocycles. The summed E-state index contributed by atoms with van der Waals surface area (Å²) in [4.78, 5) is 12.6. The predicted octanol–water partition coefficient (Wildman–Crippen LogP) is 4.28. The van der Waals surface area contributed by atoms with E-state index < -0.39 is 12.1 Å². The van der Waals surface area contributed by atoms with Crippen molar-refractivity contribution in [3.8, 4) is 17.3 Å². The maximum atomic E-state index is 12.6. The fraction of sp³-hybridized carbons (Fsp3) is 0.227. The molecule has 27 heavy (non-hydrogen) atoms. The lowest BCUT2D eigenvalue weighted by Crippen LogP contribution is -2.13. The molecule has 0 amide bonds. The Morgan fingerprint density at radius 3 is 2.59 bits per heavy atom. The molecule has 5 nitrogen and oxygen atoms in total. The van der Waals surface area contributed by atoms with E-state index in [2.05, 4.69) is 5.10 Å². The highest BCUT2D eigenvalue weighted by molar-refractivity contribution is 5.96. The van der Waals surface area contributed by atoms with Gasteiger partial charge >= 0.3 is 5.97 Å². The Bertz CT molecular complexity index is 1000. The van der Waals surface area contributed by atoms with Gasteiger partial charge in [-0.15, -0.1) is 0 Å². The normalized spacial score (nSPS) is 11.6. The Kier molecular flexibility index (Phi) is 5.37. The molecule has 1 atom stereocenters. The van der Waals surface area contributed by atoms with E-state index in [-0.39, 0.29) is 0 Å². The molecule has 0 radical (unpaired) electrons. The third kappa shape index (κ3) is 4.24. The zero-order valence-corrected chi connectivity index (χ0v) is 15.6. The number of rotatable bonds is 5. The van der Waals surface area contributed by atoms with Crippen LogP contribution in [-0.2, 0) is 11.3 Å². The maximum Gasteiger partial charge on any atom is 0.343 e. The largest absolute Gasteiger partial charge is 0.444 e. The van der Waals surface area contributed by atoms with E-state index in [4.69, 9.17) is 10.00 Å². The lowest BCUT2D eigenvalue weighted by atomic mass is 10.0. The maximum absolute atomic E-state index is 12.6. The van der Waals surface area contributed by atoms with Gasteiger partial charge in [0.15, 0.2) is 6.10 Å². The number of carbonyl (C=O) groups excluding carboxylic acids is 1. The summed E-state index contributed by atoms with van der Waals surface area (Å²) >= 11 is 0. The smallest absolute Gasteiger partial charge is 0.343 e. The van der Waals surface area contributed by atoms with Crippen LogP contribution in [0, 0.1) is 25.2 Å². The molecule has 3 rings (SSSR count). The van der Waals surface area contributed by atoms with Crippen molar-refractivity contribution in [2.75, 3.05) is 0 Å². The van der Waals surface area contributed by atoms with E-state index in [9.17, 15) is 4.79 Å². The fourth-order valence-corrected chi connectivity index (χ4v) is 2.77. The van der Waals surface area contributed by atoms with E-state index in [0.29, 0.717) is 17.8 Å². The Morgan fingerprint density at radius 2 is 1.93 bits per heavy atom. The second kappa shape index (κ2) is 7.88. The molecule has 0 aliphatic carbocycles. The van der Waals surface area contributed by atoms with Gasteiger partial charge < -0.3 is 4.74 Å². The van der Waals surface area contributed by atoms with E-state index in [1.807, 2.05) is 68.4 Å². The Hall–Kier alpha value is -3.39. The Labute approximate surface area is 158 Å². The van der Waals surface area contributed by atoms with Crippen molar-refractivity contribution < 1.29 is 9.53 Å². The van der Waals surface area contributed by atoms with Crippen LogP contribution in [0.3, 0.4) is 0 Å². The first kappa shape index (κ1) is 18.4. The van der Waals surface area contributed by atoms with Gasteiger partial charge in [0.25, 0.3) is 0 Å². The van der Waals surface area contributed by atoms with Gasteiger partial charge in [0.2, 0.25) is 0 Å². The van der Waals surface area contributed by atoms with Crippen LogP contribution in [-0.4, -0.2) is 21.9 Å². The first-order valence-corrected chi connectivity index (χ1v) is 8.77. The summed E-state index contributed by atoms with van der Waals surface area (Å²) in [5, 5.41) is 13.6. The minimum absolute atomic E-state index is 0.358. The van der Waals surface area contributed by atoms with E-state index >= 15 is 0 Å². The lowest BCUT2D eigenvalue weighted by Gasteiger charge is -2.07. The summed E-state index contributed by atoms with van der Waals surface area (Å²) in [7, 11) is 0. The number of hydrogen-bond acceptors (Lipinski definition) is 4. The van der Waals surface area contributed by atoms with Crippen LogP contribution in [0.25, 0.3) is 11.3 Å². The number of nitriles is 1. The number of aromatic nitrogens is 2. The minimum Gasteiger partial charge on any atom is -0.444 e. The average Bonchev–Trinajstić information content (AvgIpc) is 3.08. The standard InChI is InChI=1S/C22H21N3O2/c1-15-9-10-19(11-16(15)2)21-20(22(26)27-17(3)12-23)14-25(24-21)13-18-7-5-4-6-8-18/h4-11,14,17H,13H2,1-3H3/t17-/m0/s1. The molecule has 0 aliphatic heterocycles. The molecular weight excluding hydrogens is 338 g/mol. The molecule has 3 aromatic rings. The zero-order chi connectivity index (χ0) is 19.4. The molecule has 1 heterocycles. The van der Waals surface area contributed by atoms with Crippen molar-refractivity contribution in [1.29, 1.82) is 5.26 Å². The van der Waals surface area contributed by atoms with Crippen molar-refractivity contribution >= 4 is 5.97 Å². The highest BCUT2D eigenvalue weighted by Crippen LogP contribution is 2.26. The van der Waals surface area contributed by atoms with Crippen LogP contribution in [0.4, 0.5) is 0 Å². The second-order valence-electron chi connectivity index (χ2n) is 6.55. The van der Waals surface area contributed by atoms with Gasteiger partial charge in [-0.2, -0.15) is 10.4 Å². The van der Waals surface area contributed by atoms with Gasteiger partial charge in [-0.1, -0.05) is 42.5 Å². The summed E-state index contributed by atoms with van der Waals surface area (Å²) in [5.74, 6) is -0.545. The van der Waals surface area contributed by atoms with E-state index in [0.717, 1.165) is 16.7 Å². The SMILES string of the molecule is Cc1ccc(-c2nn(Cc3ccccc3)cc2C(=O)O[C@@H](C)C#N)cc1C. The third-order valence-corrected chi connectivity index (χ3v) is 4.41. The number of nitrogens with zero attached hydrogens (tertiary/aromatic N) is 3. The molecule has 5 heteroatoms. The van der Waals surface area contributed by atoms with Gasteiger partial charge in [-0.25, -0.2) is 4.79 Å².